The summed E-state index contributed by atoms with van der Waals surface area (Å²) in [6.07, 6.45) is 0.301. The third kappa shape index (κ3) is 2.55. The van der Waals surface area contributed by atoms with Gasteiger partial charge >= 0.3 is 0 Å². The summed E-state index contributed by atoms with van der Waals surface area (Å²) in [5.41, 5.74) is 2.13. The summed E-state index contributed by atoms with van der Waals surface area (Å²) >= 11 is 0. The van der Waals surface area contributed by atoms with Gasteiger partial charge in [-0.05, 0) is 17.7 Å². The Balaban J connectivity index is 1.95. The summed E-state index contributed by atoms with van der Waals surface area (Å²) in [5, 5.41) is 4.01. The van der Waals surface area contributed by atoms with Crippen LogP contribution in [0.25, 0.3) is 0 Å². The van der Waals surface area contributed by atoms with Crippen LogP contribution in [0.1, 0.15) is 26.3 Å². The Labute approximate surface area is 132 Å². The highest BCUT2D eigenvalue weighted by Gasteiger charge is 2.46. The summed E-state index contributed by atoms with van der Waals surface area (Å²) in [5.74, 6) is 0.760. The van der Waals surface area contributed by atoms with Crippen molar-refractivity contribution in [3.63, 3.8) is 0 Å². The summed E-state index contributed by atoms with van der Waals surface area (Å²) in [7, 11) is -2.59. The molecular formula is C18H22NO2P. The Hall–Kier alpha value is -1.73. The molecule has 0 unspecified atom stereocenters. The molecular weight excluding hydrogens is 293 g/mol. The van der Waals surface area contributed by atoms with Crippen molar-refractivity contribution in [2.45, 2.75) is 32.5 Å². The molecule has 2 aromatic carbocycles. The van der Waals surface area contributed by atoms with Crippen molar-refractivity contribution in [2.75, 3.05) is 11.7 Å². The molecule has 1 aliphatic heterocycles. The predicted molar refractivity (Wildman–Crippen MR) is 92.7 cm³/mol. The molecule has 22 heavy (non-hydrogen) atoms. The zero-order chi connectivity index (χ0) is 15.8. The number of fused-ring (bicyclic) bond motifs is 1. The van der Waals surface area contributed by atoms with Crippen LogP contribution in [0.2, 0.25) is 0 Å². The topological polar surface area (TPSA) is 38.3 Å². The van der Waals surface area contributed by atoms with Crippen molar-refractivity contribution in [1.82, 2.24) is 0 Å². The number of hydrogen-bond acceptors (Lipinski definition) is 3. The molecule has 0 fully saturated rings. The van der Waals surface area contributed by atoms with Gasteiger partial charge in [0.1, 0.15) is 12.1 Å². The molecule has 0 radical (unpaired) electrons. The molecule has 3 nitrogen and oxygen atoms in total. The number of nitrogens with one attached hydrogen (secondary N) is 1. The van der Waals surface area contributed by atoms with Crippen molar-refractivity contribution in [3.05, 3.63) is 54.1 Å². The Bertz CT molecular complexity index is 720. The van der Waals surface area contributed by atoms with Crippen molar-refractivity contribution in [2.24, 2.45) is 0 Å². The van der Waals surface area contributed by atoms with Crippen molar-refractivity contribution >= 4 is 18.1 Å². The van der Waals surface area contributed by atoms with Gasteiger partial charge in [-0.15, -0.1) is 0 Å². The van der Waals surface area contributed by atoms with Crippen molar-refractivity contribution in [1.29, 1.82) is 0 Å². The van der Waals surface area contributed by atoms with Gasteiger partial charge < -0.3 is 14.6 Å². The van der Waals surface area contributed by atoms with Gasteiger partial charge in [0.05, 0.1) is 5.30 Å². The fourth-order valence-electron chi connectivity index (χ4n) is 2.70. The van der Waals surface area contributed by atoms with E-state index in [4.69, 9.17) is 4.74 Å². The van der Waals surface area contributed by atoms with Gasteiger partial charge in [0.25, 0.3) is 0 Å². The van der Waals surface area contributed by atoms with E-state index in [1.165, 1.54) is 5.56 Å². The van der Waals surface area contributed by atoms with E-state index in [1.807, 2.05) is 57.2 Å². The lowest BCUT2D eigenvalue weighted by Gasteiger charge is -2.27. The van der Waals surface area contributed by atoms with E-state index in [2.05, 4.69) is 17.4 Å². The summed E-state index contributed by atoms with van der Waals surface area (Å²) in [4.78, 5) is 0. The van der Waals surface area contributed by atoms with Crippen LogP contribution in [0, 0.1) is 0 Å². The largest absolute Gasteiger partial charge is 0.485 e. The molecule has 0 amide bonds. The molecule has 2 aromatic rings. The fourth-order valence-corrected chi connectivity index (χ4v) is 5.25. The van der Waals surface area contributed by atoms with Crippen LogP contribution in [0.3, 0.4) is 0 Å². The van der Waals surface area contributed by atoms with Gasteiger partial charge in [-0.25, -0.2) is 0 Å². The Morgan fingerprint density at radius 2 is 1.82 bits per heavy atom. The van der Waals surface area contributed by atoms with Crippen LogP contribution in [0.15, 0.2) is 48.5 Å². The average molecular weight is 315 g/mol. The summed E-state index contributed by atoms with van der Waals surface area (Å²) in [6.45, 7) is 6.79. The summed E-state index contributed by atoms with van der Waals surface area (Å²) in [6, 6.07) is 16.1. The second-order valence-electron chi connectivity index (χ2n) is 6.68. The highest BCUT2D eigenvalue weighted by molar-refractivity contribution is 7.73. The smallest absolute Gasteiger partial charge is 0.161 e. The van der Waals surface area contributed by atoms with E-state index in [-0.39, 0.29) is 5.16 Å². The highest BCUT2D eigenvalue weighted by atomic mass is 31.2. The lowest BCUT2D eigenvalue weighted by Crippen LogP contribution is -2.24. The monoisotopic (exact) mass is 315 g/mol. The SMILES string of the molecule is CC(C)(C)[P@@]1(=O)COc2cccc(NCc3ccccc3)c21. The van der Waals surface area contributed by atoms with Crippen LogP contribution in [0.5, 0.6) is 5.75 Å². The molecule has 116 valence electrons. The minimum atomic E-state index is -2.59. The maximum atomic E-state index is 13.5. The van der Waals surface area contributed by atoms with E-state index in [0.29, 0.717) is 12.9 Å². The standard InChI is InChI=1S/C18H22NO2P/c1-18(2,3)22(20)13-21-16-11-7-10-15(17(16)22)19-12-14-8-5-4-6-9-14/h4-11,19H,12-13H2,1-3H3/t22-/m1/s1. The molecule has 1 aliphatic rings. The third-order valence-corrected chi connectivity index (χ3v) is 8.02. The molecule has 0 spiro atoms. The van der Waals surface area contributed by atoms with Crippen molar-refractivity contribution in [3.8, 4) is 5.75 Å². The number of anilines is 1. The number of rotatable bonds is 3. The maximum absolute atomic E-state index is 13.5. The first-order valence-electron chi connectivity index (χ1n) is 7.55. The molecule has 0 saturated heterocycles. The predicted octanol–water partition coefficient (Wildman–Crippen LogP) is 4.44. The first-order chi connectivity index (χ1) is 10.4. The molecule has 0 bridgehead atoms. The molecule has 1 heterocycles. The first kappa shape index (κ1) is 15.2. The molecule has 1 atom stereocenters. The van der Waals surface area contributed by atoms with Gasteiger partial charge in [0, 0.05) is 17.4 Å². The highest BCUT2D eigenvalue weighted by Crippen LogP contribution is 2.62. The van der Waals surface area contributed by atoms with E-state index in [9.17, 15) is 4.57 Å². The second kappa shape index (κ2) is 5.48. The normalized spacial score (nSPS) is 20.3. The number of benzene rings is 2. The Morgan fingerprint density at radius 3 is 2.50 bits per heavy atom. The quantitative estimate of drug-likeness (QED) is 0.851. The Morgan fingerprint density at radius 1 is 1.09 bits per heavy atom. The van der Waals surface area contributed by atoms with E-state index >= 15 is 0 Å². The van der Waals surface area contributed by atoms with E-state index in [0.717, 1.165) is 16.7 Å². The lowest BCUT2D eigenvalue weighted by molar-refractivity contribution is 0.389. The van der Waals surface area contributed by atoms with Gasteiger partial charge in [-0.3, -0.25) is 0 Å². The zero-order valence-electron chi connectivity index (χ0n) is 13.3. The molecule has 3 rings (SSSR count). The van der Waals surface area contributed by atoms with Gasteiger partial charge in [0.15, 0.2) is 7.14 Å². The Kier molecular flexibility index (Phi) is 3.78. The number of ether oxygens (including phenoxy) is 1. The van der Waals surface area contributed by atoms with Gasteiger partial charge in [0.2, 0.25) is 0 Å². The summed E-state index contributed by atoms with van der Waals surface area (Å²) < 4.78 is 19.3. The minimum absolute atomic E-state index is 0.301. The maximum Gasteiger partial charge on any atom is 0.161 e. The van der Waals surface area contributed by atoms with Crippen LogP contribution in [-0.2, 0) is 11.1 Å². The first-order valence-corrected chi connectivity index (χ1v) is 9.44. The molecule has 0 aliphatic carbocycles. The number of hydrogen-bond donors (Lipinski definition) is 1. The average Bonchev–Trinajstić information content (AvgIpc) is 2.86. The zero-order valence-corrected chi connectivity index (χ0v) is 14.2. The van der Waals surface area contributed by atoms with Gasteiger partial charge in [-0.1, -0.05) is 57.2 Å². The van der Waals surface area contributed by atoms with Crippen LogP contribution >= 0.6 is 7.14 Å². The lowest BCUT2D eigenvalue weighted by atomic mass is 10.2. The van der Waals surface area contributed by atoms with E-state index < -0.39 is 7.14 Å². The third-order valence-electron chi connectivity index (χ3n) is 4.17. The van der Waals surface area contributed by atoms with Crippen LogP contribution < -0.4 is 15.4 Å². The van der Waals surface area contributed by atoms with Crippen molar-refractivity contribution < 1.29 is 9.30 Å². The van der Waals surface area contributed by atoms with Crippen LogP contribution in [-0.4, -0.2) is 11.5 Å². The van der Waals surface area contributed by atoms with Crippen LogP contribution in [0.4, 0.5) is 5.69 Å². The molecule has 0 aromatic heterocycles. The fraction of sp³-hybridized carbons (Fsp3) is 0.333. The second-order valence-corrected chi connectivity index (χ2v) is 10.2. The van der Waals surface area contributed by atoms with Gasteiger partial charge in [-0.2, -0.15) is 0 Å². The minimum Gasteiger partial charge on any atom is -0.485 e. The molecule has 1 N–H and O–H groups in total. The van der Waals surface area contributed by atoms with E-state index in [1.54, 1.807) is 0 Å². The molecule has 4 heteroatoms. The molecule has 0 saturated carbocycles.